The summed E-state index contributed by atoms with van der Waals surface area (Å²) in [6.45, 7) is 17.1. The van der Waals surface area contributed by atoms with Crippen LogP contribution in [0.2, 0.25) is 0 Å². The highest BCUT2D eigenvalue weighted by Crippen LogP contribution is 2.31. The average molecular weight is 689 g/mol. The summed E-state index contributed by atoms with van der Waals surface area (Å²) in [5, 5.41) is 0. The minimum absolute atomic E-state index is 0.000679. The summed E-state index contributed by atoms with van der Waals surface area (Å²) >= 11 is 0. The fourth-order valence-electron chi connectivity index (χ4n) is 4.04. The molecule has 0 bridgehead atoms. The van der Waals surface area contributed by atoms with Gasteiger partial charge in [-0.1, -0.05) is 86.4 Å². The molecule has 8 heteroatoms. The summed E-state index contributed by atoms with van der Waals surface area (Å²) in [7, 11) is 0. The Morgan fingerprint density at radius 1 is 0.519 bits per heavy atom. The fourth-order valence-corrected chi connectivity index (χ4v) is 4.04. The van der Waals surface area contributed by atoms with Crippen molar-refractivity contribution in [3.63, 3.8) is 0 Å². The highest BCUT2D eigenvalue weighted by atomic mass is 16.6. The van der Waals surface area contributed by atoms with Crippen molar-refractivity contribution in [1.82, 2.24) is 0 Å². The third-order valence-corrected chi connectivity index (χ3v) is 6.73. The molecule has 0 aliphatic carbocycles. The summed E-state index contributed by atoms with van der Waals surface area (Å²) < 4.78 is 21.5. The van der Waals surface area contributed by atoms with Gasteiger partial charge < -0.3 is 18.9 Å². The monoisotopic (exact) mass is 688 g/mol. The van der Waals surface area contributed by atoms with Gasteiger partial charge in [-0.25, -0.2) is 19.2 Å². The van der Waals surface area contributed by atoms with Crippen molar-refractivity contribution in [2.45, 2.75) is 13.8 Å². The van der Waals surface area contributed by atoms with Crippen molar-refractivity contribution in [3.8, 4) is 46.7 Å². The average Bonchev–Trinajstić information content (AvgIpc) is 3.14. The van der Waals surface area contributed by atoms with Crippen molar-refractivity contribution < 1.29 is 38.1 Å². The Kier molecular flexibility index (Phi) is 12.8. The van der Waals surface area contributed by atoms with Crippen molar-refractivity contribution in [2.24, 2.45) is 0 Å². The molecule has 0 amide bonds. The zero-order valence-electron chi connectivity index (χ0n) is 28.5. The van der Waals surface area contributed by atoms with Crippen molar-refractivity contribution in [2.75, 3.05) is 0 Å². The van der Waals surface area contributed by atoms with Crippen LogP contribution in [0.25, 0.3) is 12.2 Å². The maximum Gasteiger partial charge on any atom is 0.338 e. The molecule has 0 radical (unpaired) electrons. The smallest absolute Gasteiger partial charge is 0.338 e. The van der Waals surface area contributed by atoms with Gasteiger partial charge in [-0.05, 0) is 85.6 Å². The molecule has 0 spiro atoms. The largest absolute Gasteiger partial charge is 0.423 e. The molecule has 4 aromatic carbocycles. The number of carbonyl (C=O) groups is 4. The molecule has 0 aliphatic rings. The molecule has 0 saturated carbocycles. The van der Waals surface area contributed by atoms with E-state index in [4.69, 9.17) is 18.9 Å². The summed E-state index contributed by atoms with van der Waals surface area (Å²) in [6, 6.07) is 23.9. The molecule has 0 saturated heterocycles. The van der Waals surface area contributed by atoms with Gasteiger partial charge in [0.1, 0.15) is 17.1 Å². The van der Waals surface area contributed by atoms with E-state index in [1.165, 1.54) is 26.0 Å². The van der Waals surface area contributed by atoms with Gasteiger partial charge in [0.15, 0.2) is 11.5 Å². The second-order valence-electron chi connectivity index (χ2n) is 11.0. The fraction of sp³-hybridized carbons (Fsp3) is 0.0455. The molecule has 0 fully saturated rings. The molecule has 0 heterocycles. The van der Waals surface area contributed by atoms with Gasteiger partial charge in [0.25, 0.3) is 0 Å². The Morgan fingerprint density at radius 2 is 0.885 bits per heavy atom. The number of esters is 4. The van der Waals surface area contributed by atoms with Crippen molar-refractivity contribution in [1.29, 1.82) is 0 Å². The lowest BCUT2D eigenvalue weighted by atomic mass is 10.1. The summed E-state index contributed by atoms with van der Waals surface area (Å²) in [5.74, 6) is 10.2. The topological polar surface area (TPSA) is 105 Å². The Labute approximate surface area is 302 Å². The third-order valence-electron chi connectivity index (χ3n) is 6.73. The third kappa shape index (κ3) is 11.1. The van der Waals surface area contributed by atoms with E-state index in [9.17, 15) is 19.2 Å². The first-order valence-electron chi connectivity index (χ1n) is 15.6. The standard InChI is InChI=1S/C44H32O8/c1-7-41(45)49-36-22-17-33(18-23-36)14-13-31-9-11-32(12-10-31)15-16-35-27-39(51-43(47)29(3)4)38(40(28-35)52-44(48)30(5)6)26-21-34-19-24-37(25-20-34)50-42(46)8-2/h7-14,17-20,22-25,27-28H,1-3,5H2,4,6H3/b14-13+. The second-order valence-corrected chi connectivity index (χ2v) is 11.0. The summed E-state index contributed by atoms with van der Waals surface area (Å²) in [4.78, 5) is 48.2. The highest BCUT2D eigenvalue weighted by molar-refractivity contribution is 5.91. The van der Waals surface area contributed by atoms with E-state index < -0.39 is 23.9 Å². The summed E-state index contributed by atoms with van der Waals surface area (Å²) in [5.41, 5.74) is 3.82. The predicted molar refractivity (Wildman–Crippen MR) is 199 cm³/mol. The Hall–Kier alpha value is -7.42. The van der Waals surface area contributed by atoms with E-state index in [2.05, 4.69) is 50.0 Å². The molecule has 256 valence electrons. The van der Waals surface area contributed by atoms with E-state index in [0.717, 1.165) is 23.3 Å². The van der Waals surface area contributed by atoms with Gasteiger partial charge >= 0.3 is 23.9 Å². The second kappa shape index (κ2) is 17.8. The van der Waals surface area contributed by atoms with Crippen LogP contribution < -0.4 is 18.9 Å². The quantitative estimate of drug-likeness (QED) is 0.0547. The first-order chi connectivity index (χ1) is 24.9. The molecular formula is C44H32O8. The molecule has 4 rings (SSSR count). The lowest BCUT2D eigenvalue weighted by molar-refractivity contribution is -0.130. The van der Waals surface area contributed by atoms with Gasteiger partial charge in [-0.15, -0.1) is 0 Å². The first-order valence-corrected chi connectivity index (χ1v) is 15.6. The molecule has 0 aliphatic heterocycles. The maximum atomic E-state index is 12.7. The van der Waals surface area contributed by atoms with E-state index in [-0.39, 0.29) is 28.2 Å². The minimum atomic E-state index is -0.713. The van der Waals surface area contributed by atoms with Crippen LogP contribution >= 0.6 is 0 Å². The van der Waals surface area contributed by atoms with Crippen LogP contribution in [-0.4, -0.2) is 23.9 Å². The predicted octanol–water partition coefficient (Wildman–Crippen LogP) is 7.80. The van der Waals surface area contributed by atoms with Crippen LogP contribution in [0.3, 0.4) is 0 Å². The van der Waals surface area contributed by atoms with Crippen molar-refractivity contribution >= 4 is 36.0 Å². The lowest BCUT2D eigenvalue weighted by Gasteiger charge is -2.12. The van der Waals surface area contributed by atoms with E-state index in [1.807, 2.05) is 48.6 Å². The lowest BCUT2D eigenvalue weighted by Crippen LogP contribution is -2.12. The molecule has 4 aromatic rings. The van der Waals surface area contributed by atoms with Crippen LogP contribution in [0.5, 0.6) is 23.0 Å². The minimum Gasteiger partial charge on any atom is -0.423 e. The van der Waals surface area contributed by atoms with Gasteiger partial charge in [0.2, 0.25) is 0 Å². The molecule has 0 N–H and O–H groups in total. The zero-order valence-corrected chi connectivity index (χ0v) is 28.5. The molecule has 0 aromatic heterocycles. The van der Waals surface area contributed by atoms with Crippen LogP contribution in [0, 0.1) is 23.7 Å². The van der Waals surface area contributed by atoms with Crippen LogP contribution in [0.15, 0.2) is 135 Å². The highest BCUT2D eigenvalue weighted by Gasteiger charge is 2.18. The normalized spacial score (nSPS) is 9.96. The van der Waals surface area contributed by atoms with Gasteiger partial charge in [-0.3, -0.25) is 0 Å². The number of ether oxygens (including phenoxy) is 4. The van der Waals surface area contributed by atoms with Gasteiger partial charge in [0.05, 0.1) is 0 Å². The zero-order chi connectivity index (χ0) is 37.6. The van der Waals surface area contributed by atoms with Gasteiger partial charge in [-0.2, -0.15) is 0 Å². The number of carbonyl (C=O) groups excluding carboxylic acids is 4. The Bertz CT molecular complexity index is 2180. The van der Waals surface area contributed by atoms with E-state index in [1.54, 1.807) is 36.4 Å². The molecule has 8 nitrogen and oxygen atoms in total. The summed E-state index contributed by atoms with van der Waals surface area (Å²) in [6.07, 6.45) is 6.00. The maximum absolute atomic E-state index is 12.7. The van der Waals surface area contributed by atoms with E-state index in [0.29, 0.717) is 28.2 Å². The Balaban J connectivity index is 1.64. The first kappa shape index (κ1) is 37.4. The number of hydrogen-bond donors (Lipinski definition) is 0. The SMILES string of the molecule is C=CC(=O)Oc1ccc(C#Cc2c(OC(=O)C(=C)C)cc(C#Cc3ccc(/C=C/c4ccc(OC(=O)C=C)cc4)cc3)cc2OC(=O)C(=C)C)cc1. The number of rotatable bonds is 10. The van der Waals surface area contributed by atoms with Crippen LogP contribution in [0.1, 0.15) is 47.2 Å². The van der Waals surface area contributed by atoms with Gasteiger partial charge in [0, 0.05) is 40.0 Å². The Morgan fingerprint density at radius 3 is 1.31 bits per heavy atom. The van der Waals surface area contributed by atoms with Crippen molar-refractivity contribution in [3.05, 3.63) is 168 Å². The molecular weight excluding hydrogens is 656 g/mol. The van der Waals surface area contributed by atoms with Crippen LogP contribution in [0.4, 0.5) is 0 Å². The molecule has 52 heavy (non-hydrogen) atoms. The van der Waals surface area contributed by atoms with Crippen LogP contribution in [-0.2, 0) is 19.2 Å². The molecule has 0 unspecified atom stereocenters. The number of hydrogen-bond acceptors (Lipinski definition) is 8. The van der Waals surface area contributed by atoms with E-state index >= 15 is 0 Å². The molecule has 0 atom stereocenters. The number of benzene rings is 4.